The van der Waals surface area contributed by atoms with Crippen LogP contribution in [0.4, 0.5) is 0 Å². The van der Waals surface area contributed by atoms with E-state index >= 15 is 0 Å². The van der Waals surface area contributed by atoms with Crippen molar-refractivity contribution in [1.82, 2.24) is 4.90 Å². The second-order valence-electron chi connectivity index (χ2n) is 5.26. The molecule has 2 rings (SSSR count). The summed E-state index contributed by atoms with van der Waals surface area (Å²) in [5.74, 6) is -0.892. The van der Waals surface area contributed by atoms with Gasteiger partial charge in [-0.05, 0) is 37.0 Å². The van der Waals surface area contributed by atoms with E-state index in [0.717, 1.165) is 36.9 Å². The van der Waals surface area contributed by atoms with Crippen molar-refractivity contribution in [1.29, 1.82) is 0 Å². The highest BCUT2D eigenvalue weighted by Gasteiger charge is 2.20. The molecule has 0 atom stereocenters. The van der Waals surface area contributed by atoms with Crippen molar-refractivity contribution in [2.24, 2.45) is 0 Å². The predicted molar refractivity (Wildman–Crippen MR) is 80.8 cm³/mol. The van der Waals surface area contributed by atoms with E-state index in [9.17, 15) is 4.79 Å². The molecule has 0 bridgehead atoms. The largest absolute Gasteiger partial charge is 0.480 e. The molecule has 0 aliphatic carbocycles. The molecule has 1 saturated heterocycles. The first-order chi connectivity index (χ1) is 9.54. The van der Waals surface area contributed by atoms with Gasteiger partial charge in [0.25, 0.3) is 0 Å². The first-order valence-electron chi connectivity index (χ1n) is 6.85. The Morgan fingerprint density at radius 1 is 1.45 bits per heavy atom. The number of aliphatic carboxylic acids is 1. The molecule has 0 spiro atoms. The zero-order valence-corrected chi connectivity index (χ0v) is 13.2. The number of piperidine rings is 1. The molecule has 5 heteroatoms. The van der Waals surface area contributed by atoms with E-state index in [2.05, 4.69) is 46.0 Å². The number of ether oxygens (including phenoxy) is 1. The highest BCUT2D eigenvalue weighted by atomic mass is 79.9. The van der Waals surface area contributed by atoms with Crippen LogP contribution in [0.25, 0.3) is 0 Å². The van der Waals surface area contributed by atoms with Crippen LogP contribution in [-0.2, 0) is 16.1 Å². The third kappa shape index (κ3) is 4.58. The van der Waals surface area contributed by atoms with Crippen LogP contribution in [0.1, 0.15) is 24.0 Å². The molecule has 0 amide bonds. The van der Waals surface area contributed by atoms with Crippen molar-refractivity contribution in [2.75, 3.05) is 19.7 Å². The molecule has 1 aliphatic heterocycles. The highest BCUT2D eigenvalue weighted by molar-refractivity contribution is 9.10. The van der Waals surface area contributed by atoms with Crippen LogP contribution in [0.5, 0.6) is 0 Å². The first kappa shape index (κ1) is 15.5. The van der Waals surface area contributed by atoms with Gasteiger partial charge in [-0.3, -0.25) is 4.90 Å². The van der Waals surface area contributed by atoms with Gasteiger partial charge in [0.15, 0.2) is 0 Å². The summed E-state index contributed by atoms with van der Waals surface area (Å²) < 4.78 is 6.49. The normalized spacial score (nSPS) is 17.3. The fourth-order valence-corrected chi connectivity index (χ4v) is 2.84. The van der Waals surface area contributed by atoms with Crippen molar-refractivity contribution in [3.05, 3.63) is 33.8 Å². The molecule has 1 aliphatic rings. The van der Waals surface area contributed by atoms with Crippen LogP contribution >= 0.6 is 15.9 Å². The maximum atomic E-state index is 10.5. The Morgan fingerprint density at radius 2 is 2.15 bits per heavy atom. The lowest BCUT2D eigenvalue weighted by molar-refractivity contribution is -0.145. The first-order valence-corrected chi connectivity index (χ1v) is 7.64. The SMILES string of the molecule is Cc1ccc(CN2CCC(OCC(=O)O)CC2)cc1Br. The lowest BCUT2D eigenvalue weighted by atomic mass is 10.1. The Hall–Kier alpha value is -0.910. The van der Waals surface area contributed by atoms with Gasteiger partial charge in [0.2, 0.25) is 0 Å². The minimum atomic E-state index is -0.892. The van der Waals surface area contributed by atoms with Crippen LogP contribution in [0.2, 0.25) is 0 Å². The summed E-state index contributed by atoms with van der Waals surface area (Å²) in [5.41, 5.74) is 2.54. The molecule has 4 nitrogen and oxygen atoms in total. The van der Waals surface area contributed by atoms with Gasteiger partial charge < -0.3 is 9.84 Å². The van der Waals surface area contributed by atoms with Crippen LogP contribution in [0.15, 0.2) is 22.7 Å². The van der Waals surface area contributed by atoms with E-state index in [0.29, 0.717) is 0 Å². The number of aryl methyl sites for hydroxylation is 1. The third-order valence-corrected chi connectivity index (χ3v) is 4.47. The van der Waals surface area contributed by atoms with Gasteiger partial charge in [-0.15, -0.1) is 0 Å². The van der Waals surface area contributed by atoms with E-state index in [-0.39, 0.29) is 12.7 Å². The van der Waals surface area contributed by atoms with E-state index in [1.54, 1.807) is 0 Å². The number of rotatable bonds is 5. The summed E-state index contributed by atoms with van der Waals surface area (Å²) in [4.78, 5) is 12.9. The quantitative estimate of drug-likeness (QED) is 0.894. The summed E-state index contributed by atoms with van der Waals surface area (Å²) in [7, 11) is 0. The van der Waals surface area contributed by atoms with Gasteiger partial charge >= 0.3 is 5.97 Å². The Labute approximate surface area is 127 Å². The number of carbonyl (C=O) groups is 1. The number of halogens is 1. The smallest absolute Gasteiger partial charge is 0.329 e. The Morgan fingerprint density at radius 3 is 2.75 bits per heavy atom. The summed E-state index contributed by atoms with van der Waals surface area (Å²) in [6.45, 7) is 4.74. The third-order valence-electron chi connectivity index (χ3n) is 3.62. The average Bonchev–Trinajstić information content (AvgIpc) is 2.42. The standard InChI is InChI=1S/C15H20BrNO3/c1-11-2-3-12(8-14(11)16)9-17-6-4-13(5-7-17)20-10-15(18)19/h2-3,8,13H,4-7,9-10H2,1H3,(H,18,19). The predicted octanol–water partition coefficient (Wildman–Crippen LogP) is 2.82. The van der Waals surface area contributed by atoms with Crippen molar-refractivity contribution < 1.29 is 14.6 Å². The molecule has 20 heavy (non-hydrogen) atoms. The number of likely N-dealkylation sites (tertiary alicyclic amines) is 1. The number of hydrogen-bond acceptors (Lipinski definition) is 3. The molecule has 1 aromatic rings. The summed E-state index contributed by atoms with van der Waals surface area (Å²) in [6.07, 6.45) is 1.90. The van der Waals surface area contributed by atoms with Crippen LogP contribution in [0, 0.1) is 6.92 Å². The van der Waals surface area contributed by atoms with Crippen LogP contribution in [-0.4, -0.2) is 41.8 Å². The fraction of sp³-hybridized carbons (Fsp3) is 0.533. The van der Waals surface area contributed by atoms with Gasteiger partial charge in [0.05, 0.1) is 6.10 Å². The molecule has 1 fully saturated rings. The van der Waals surface area contributed by atoms with Gasteiger partial charge in [-0.1, -0.05) is 28.1 Å². The molecule has 1 heterocycles. The van der Waals surface area contributed by atoms with Crippen molar-refractivity contribution in [3.63, 3.8) is 0 Å². The monoisotopic (exact) mass is 341 g/mol. The summed E-state index contributed by atoms with van der Waals surface area (Å²) >= 11 is 3.56. The second kappa shape index (κ2) is 7.20. The lowest BCUT2D eigenvalue weighted by Gasteiger charge is -2.31. The number of carboxylic acid groups (broad SMARTS) is 1. The molecule has 1 N–H and O–H groups in total. The van der Waals surface area contributed by atoms with Gasteiger partial charge in [-0.25, -0.2) is 4.79 Å². The molecule has 1 aromatic carbocycles. The van der Waals surface area contributed by atoms with Crippen molar-refractivity contribution >= 4 is 21.9 Å². The van der Waals surface area contributed by atoms with E-state index < -0.39 is 5.97 Å². The number of benzene rings is 1. The van der Waals surface area contributed by atoms with Gasteiger partial charge in [-0.2, -0.15) is 0 Å². The minimum absolute atomic E-state index is 0.0899. The Kier molecular flexibility index (Phi) is 5.57. The van der Waals surface area contributed by atoms with Crippen molar-refractivity contribution in [3.8, 4) is 0 Å². The lowest BCUT2D eigenvalue weighted by Crippen LogP contribution is -2.37. The van der Waals surface area contributed by atoms with E-state index in [4.69, 9.17) is 9.84 Å². The second-order valence-corrected chi connectivity index (χ2v) is 6.12. The number of nitrogens with zero attached hydrogens (tertiary/aromatic N) is 1. The topological polar surface area (TPSA) is 49.8 Å². The molecule has 0 unspecified atom stereocenters. The highest BCUT2D eigenvalue weighted by Crippen LogP contribution is 2.20. The number of carboxylic acids is 1. The Balaban J connectivity index is 1.79. The van der Waals surface area contributed by atoms with Crippen LogP contribution in [0.3, 0.4) is 0 Å². The van der Waals surface area contributed by atoms with Crippen molar-refractivity contribution in [2.45, 2.75) is 32.4 Å². The minimum Gasteiger partial charge on any atom is -0.480 e. The van der Waals surface area contributed by atoms with E-state index in [1.807, 2.05) is 0 Å². The van der Waals surface area contributed by atoms with Gasteiger partial charge in [0.1, 0.15) is 6.61 Å². The zero-order chi connectivity index (χ0) is 14.5. The number of hydrogen-bond donors (Lipinski definition) is 1. The zero-order valence-electron chi connectivity index (χ0n) is 11.6. The average molecular weight is 342 g/mol. The maximum Gasteiger partial charge on any atom is 0.329 e. The summed E-state index contributed by atoms with van der Waals surface area (Å²) in [6, 6.07) is 6.46. The maximum absolute atomic E-state index is 10.5. The molecular weight excluding hydrogens is 322 g/mol. The van der Waals surface area contributed by atoms with E-state index in [1.165, 1.54) is 11.1 Å². The molecular formula is C15H20BrNO3. The molecule has 0 aromatic heterocycles. The van der Waals surface area contributed by atoms with Crippen LogP contribution < -0.4 is 0 Å². The summed E-state index contributed by atoms with van der Waals surface area (Å²) in [5, 5.41) is 8.60. The fourth-order valence-electron chi connectivity index (χ4n) is 2.42. The Bertz CT molecular complexity index is 470. The molecule has 110 valence electrons. The molecule has 0 saturated carbocycles. The van der Waals surface area contributed by atoms with Gasteiger partial charge in [0, 0.05) is 24.1 Å². The molecule has 0 radical (unpaired) electrons.